The number of fused-ring (bicyclic) bond motifs is 1. The molecule has 0 fully saturated rings. The zero-order valence-corrected chi connectivity index (χ0v) is 10.3. The van der Waals surface area contributed by atoms with Crippen LogP contribution in [0.15, 0.2) is 36.7 Å². The van der Waals surface area contributed by atoms with E-state index in [-0.39, 0.29) is 16.8 Å². The van der Waals surface area contributed by atoms with Crippen molar-refractivity contribution >= 4 is 17.0 Å². The molecule has 4 nitrogen and oxygen atoms in total. The zero-order chi connectivity index (χ0) is 15.1. The molecule has 3 rings (SSSR count). The van der Waals surface area contributed by atoms with Crippen molar-refractivity contribution in [2.24, 2.45) is 0 Å². The molecule has 0 unspecified atom stereocenters. The Hall–Kier alpha value is -2.83. The molecule has 2 aromatic carbocycles. The monoisotopic (exact) mass is 292 g/mol. The topological polar surface area (TPSA) is 55.1 Å². The third-order valence-corrected chi connectivity index (χ3v) is 3.05. The molecule has 1 aromatic heterocycles. The number of halogens is 3. The minimum atomic E-state index is -1.58. The van der Waals surface area contributed by atoms with E-state index in [0.717, 1.165) is 12.1 Å². The third kappa shape index (κ3) is 2.03. The highest BCUT2D eigenvalue weighted by atomic mass is 19.2. The van der Waals surface area contributed by atoms with Crippen LogP contribution in [0.4, 0.5) is 13.2 Å². The van der Waals surface area contributed by atoms with Crippen molar-refractivity contribution in [2.45, 2.75) is 0 Å². The summed E-state index contributed by atoms with van der Waals surface area (Å²) in [4.78, 5) is 15.2. The zero-order valence-electron chi connectivity index (χ0n) is 10.3. The number of nitrogens with zero attached hydrogens (tertiary/aromatic N) is 2. The van der Waals surface area contributed by atoms with Crippen LogP contribution in [-0.4, -0.2) is 20.6 Å². The van der Waals surface area contributed by atoms with Gasteiger partial charge in [0.25, 0.3) is 0 Å². The van der Waals surface area contributed by atoms with E-state index >= 15 is 0 Å². The summed E-state index contributed by atoms with van der Waals surface area (Å²) in [5.74, 6) is -5.51. The van der Waals surface area contributed by atoms with Crippen molar-refractivity contribution in [2.75, 3.05) is 0 Å². The van der Waals surface area contributed by atoms with Crippen LogP contribution in [-0.2, 0) is 0 Å². The molecule has 1 heterocycles. The molecular formula is C14H7F3N2O2. The molecule has 1 N–H and O–H groups in total. The fourth-order valence-electron chi connectivity index (χ4n) is 2.12. The highest BCUT2D eigenvalue weighted by molar-refractivity contribution is 6.01. The van der Waals surface area contributed by atoms with Crippen molar-refractivity contribution in [3.63, 3.8) is 0 Å². The van der Waals surface area contributed by atoms with Crippen LogP contribution in [0.5, 0.6) is 0 Å². The molecule has 0 atom stereocenters. The summed E-state index contributed by atoms with van der Waals surface area (Å²) in [7, 11) is 0. The highest BCUT2D eigenvalue weighted by Gasteiger charge is 2.17. The largest absolute Gasteiger partial charge is 0.478 e. The van der Waals surface area contributed by atoms with Crippen molar-refractivity contribution in [3.05, 3.63) is 59.7 Å². The van der Waals surface area contributed by atoms with Crippen LogP contribution in [0.3, 0.4) is 0 Å². The fourth-order valence-corrected chi connectivity index (χ4v) is 2.12. The maximum atomic E-state index is 13.3. The maximum Gasteiger partial charge on any atom is 0.337 e. The standard InChI is InChI=1S/C14H7F3N2O2/c15-9-4-7(5-10(16)12(9)17)19-6-18-11-3-1-2-8(13(11)19)14(20)21/h1-6H,(H,20,21). The SMILES string of the molecule is O=C(O)c1cccc2ncn(-c3cc(F)c(F)c(F)c3)c12. The van der Waals surface area contributed by atoms with Gasteiger partial charge < -0.3 is 5.11 Å². The van der Waals surface area contributed by atoms with Gasteiger partial charge in [0.05, 0.1) is 22.3 Å². The van der Waals surface area contributed by atoms with Gasteiger partial charge in [-0.2, -0.15) is 0 Å². The van der Waals surface area contributed by atoms with Gasteiger partial charge in [-0.1, -0.05) is 6.07 Å². The van der Waals surface area contributed by atoms with Crippen molar-refractivity contribution in [1.29, 1.82) is 0 Å². The first-order valence-corrected chi connectivity index (χ1v) is 5.83. The number of aromatic nitrogens is 2. The summed E-state index contributed by atoms with van der Waals surface area (Å²) in [6.07, 6.45) is 1.23. The number of aromatic carboxylic acids is 1. The van der Waals surface area contributed by atoms with Gasteiger partial charge in [-0.3, -0.25) is 4.57 Å². The number of carbonyl (C=O) groups is 1. The maximum absolute atomic E-state index is 13.3. The van der Waals surface area contributed by atoms with Crippen LogP contribution in [0, 0.1) is 17.5 Å². The second-order valence-electron chi connectivity index (χ2n) is 4.32. The van der Waals surface area contributed by atoms with Gasteiger partial charge in [0.2, 0.25) is 0 Å². The minimum absolute atomic E-state index is 0.0531. The third-order valence-electron chi connectivity index (χ3n) is 3.05. The molecule has 0 saturated carbocycles. The van der Waals surface area contributed by atoms with E-state index in [1.54, 1.807) is 6.07 Å². The summed E-state index contributed by atoms with van der Waals surface area (Å²) in [6.45, 7) is 0. The molecule has 0 amide bonds. The van der Waals surface area contributed by atoms with Gasteiger partial charge in [-0.25, -0.2) is 22.9 Å². The van der Waals surface area contributed by atoms with Gasteiger partial charge in [-0.15, -0.1) is 0 Å². The van der Waals surface area contributed by atoms with Gasteiger partial charge in [0.1, 0.15) is 6.33 Å². The second kappa shape index (κ2) is 4.62. The van der Waals surface area contributed by atoms with Crippen molar-refractivity contribution in [3.8, 4) is 5.69 Å². The molecular weight excluding hydrogens is 285 g/mol. The summed E-state index contributed by atoms with van der Waals surface area (Å²) in [5, 5.41) is 9.18. The normalized spacial score (nSPS) is 11.0. The Bertz CT molecular complexity index is 851. The Labute approximate surface area is 116 Å². The Balaban J connectivity index is 2.33. The molecule has 7 heteroatoms. The average Bonchev–Trinajstić information content (AvgIpc) is 2.87. The van der Waals surface area contributed by atoms with E-state index in [0.29, 0.717) is 5.52 Å². The van der Waals surface area contributed by atoms with E-state index in [9.17, 15) is 23.1 Å². The number of carboxylic acids is 1. The van der Waals surface area contributed by atoms with Crippen molar-refractivity contribution in [1.82, 2.24) is 9.55 Å². The summed E-state index contributed by atoms with van der Waals surface area (Å²) >= 11 is 0. The number of hydrogen-bond acceptors (Lipinski definition) is 2. The minimum Gasteiger partial charge on any atom is -0.478 e. The quantitative estimate of drug-likeness (QED) is 0.738. The number of benzene rings is 2. The molecule has 0 aliphatic rings. The molecule has 0 aliphatic heterocycles. The Morgan fingerprint density at radius 3 is 2.43 bits per heavy atom. The van der Waals surface area contributed by atoms with E-state index in [4.69, 9.17) is 0 Å². The lowest BCUT2D eigenvalue weighted by molar-refractivity contribution is 0.0698. The van der Waals surface area contributed by atoms with E-state index in [2.05, 4.69) is 4.98 Å². The van der Waals surface area contributed by atoms with Gasteiger partial charge in [0, 0.05) is 12.1 Å². The average molecular weight is 292 g/mol. The molecule has 0 bridgehead atoms. The Morgan fingerprint density at radius 2 is 1.81 bits per heavy atom. The number of rotatable bonds is 2. The first-order valence-electron chi connectivity index (χ1n) is 5.83. The van der Waals surface area contributed by atoms with Gasteiger partial charge in [0.15, 0.2) is 17.5 Å². The highest BCUT2D eigenvalue weighted by Crippen LogP contribution is 2.24. The van der Waals surface area contributed by atoms with Crippen molar-refractivity contribution < 1.29 is 23.1 Å². The van der Waals surface area contributed by atoms with Crippen LogP contribution in [0.1, 0.15) is 10.4 Å². The van der Waals surface area contributed by atoms with Crippen LogP contribution in [0.25, 0.3) is 16.7 Å². The fraction of sp³-hybridized carbons (Fsp3) is 0. The lowest BCUT2D eigenvalue weighted by Crippen LogP contribution is -2.03. The second-order valence-corrected chi connectivity index (χ2v) is 4.32. The Kier molecular flexibility index (Phi) is 2.90. The van der Waals surface area contributed by atoms with E-state index in [1.165, 1.54) is 23.0 Å². The van der Waals surface area contributed by atoms with Crippen LogP contribution < -0.4 is 0 Å². The lowest BCUT2D eigenvalue weighted by Gasteiger charge is -2.07. The molecule has 0 saturated heterocycles. The van der Waals surface area contributed by atoms with Crippen LogP contribution in [0.2, 0.25) is 0 Å². The number of imidazole rings is 1. The number of carboxylic acid groups (broad SMARTS) is 1. The smallest absolute Gasteiger partial charge is 0.337 e. The predicted octanol–water partition coefficient (Wildman–Crippen LogP) is 3.14. The van der Waals surface area contributed by atoms with E-state index in [1.807, 2.05) is 0 Å². The molecule has 0 spiro atoms. The molecule has 3 aromatic rings. The van der Waals surface area contributed by atoms with Crippen LogP contribution >= 0.6 is 0 Å². The van der Waals surface area contributed by atoms with Gasteiger partial charge in [-0.05, 0) is 12.1 Å². The molecule has 0 radical (unpaired) electrons. The Morgan fingerprint density at radius 1 is 1.14 bits per heavy atom. The summed E-state index contributed by atoms with van der Waals surface area (Å²) < 4.78 is 40.9. The summed E-state index contributed by atoms with van der Waals surface area (Å²) in [6, 6.07) is 5.97. The molecule has 21 heavy (non-hydrogen) atoms. The number of para-hydroxylation sites is 1. The van der Waals surface area contributed by atoms with E-state index < -0.39 is 23.4 Å². The lowest BCUT2D eigenvalue weighted by atomic mass is 10.1. The first-order chi connectivity index (χ1) is 9.99. The first kappa shape index (κ1) is 13.2. The summed E-state index contributed by atoms with van der Waals surface area (Å²) in [5.41, 5.74) is 0.396. The molecule has 0 aliphatic carbocycles. The van der Waals surface area contributed by atoms with Gasteiger partial charge >= 0.3 is 5.97 Å². The predicted molar refractivity (Wildman–Crippen MR) is 67.9 cm³/mol. The number of hydrogen-bond donors (Lipinski definition) is 1. The molecule has 106 valence electrons.